The van der Waals surface area contributed by atoms with Gasteiger partial charge in [0.25, 0.3) is 0 Å². The lowest BCUT2D eigenvalue weighted by Crippen LogP contribution is -2.45. The van der Waals surface area contributed by atoms with E-state index in [0.717, 1.165) is 24.2 Å². The van der Waals surface area contributed by atoms with E-state index in [1.807, 2.05) is 24.3 Å². The summed E-state index contributed by atoms with van der Waals surface area (Å²) in [5, 5.41) is 2.95. The number of benzene rings is 1. The molecule has 98 valence electrons. The molecule has 2 rings (SSSR count). The van der Waals surface area contributed by atoms with Crippen LogP contribution in [0.25, 0.3) is 0 Å². The number of nitrogens with two attached hydrogens (primary N) is 1. The summed E-state index contributed by atoms with van der Waals surface area (Å²) in [6, 6.07) is 7.68. The molecule has 4 nitrogen and oxygen atoms in total. The summed E-state index contributed by atoms with van der Waals surface area (Å²) in [4.78, 5) is 11.5. The number of piperidine rings is 1. The van der Waals surface area contributed by atoms with Crippen LogP contribution in [0.2, 0.25) is 0 Å². The molecule has 0 radical (unpaired) electrons. The highest BCUT2D eigenvalue weighted by Gasteiger charge is 2.27. The van der Waals surface area contributed by atoms with Gasteiger partial charge in [-0.3, -0.25) is 4.79 Å². The monoisotopic (exact) mass is 248 g/mol. The van der Waals surface area contributed by atoms with E-state index < -0.39 is 0 Å². The number of amides is 1. The summed E-state index contributed by atoms with van der Waals surface area (Å²) in [7, 11) is 0. The minimum atomic E-state index is -0.101. The normalized spacial score (nSPS) is 23.6. The highest BCUT2D eigenvalue weighted by atomic mass is 16.5. The Morgan fingerprint density at radius 2 is 2.33 bits per heavy atom. The Labute approximate surface area is 108 Å². The van der Waals surface area contributed by atoms with Gasteiger partial charge >= 0.3 is 0 Å². The molecule has 1 aliphatic rings. The maximum atomic E-state index is 11.5. The SMILES string of the molecule is CCCOc1cccc(C2NC(=O)CCC2N)c1. The van der Waals surface area contributed by atoms with Crippen LogP contribution in [0.5, 0.6) is 5.75 Å². The molecule has 2 atom stereocenters. The zero-order valence-electron chi connectivity index (χ0n) is 10.7. The van der Waals surface area contributed by atoms with E-state index in [9.17, 15) is 4.79 Å². The van der Waals surface area contributed by atoms with Crippen molar-refractivity contribution in [2.75, 3.05) is 6.61 Å². The van der Waals surface area contributed by atoms with Gasteiger partial charge in [0.15, 0.2) is 0 Å². The van der Waals surface area contributed by atoms with E-state index in [4.69, 9.17) is 10.5 Å². The quantitative estimate of drug-likeness (QED) is 0.853. The zero-order chi connectivity index (χ0) is 13.0. The molecular formula is C14H20N2O2. The van der Waals surface area contributed by atoms with Crippen LogP contribution in [-0.2, 0) is 4.79 Å². The average Bonchev–Trinajstić information content (AvgIpc) is 2.39. The summed E-state index contributed by atoms with van der Waals surface area (Å²) >= 11 is 0. The van der Waals surface area contributed by atoms with Crippen LogP contribution in [0.1, 0.15) is 37.8 Å². The number of carbonyl (C=O) groups is 1. The Bertz CT molecular complexity index is 420. The third kappa shape index (κ3) is 3.01. The third-order valence-electron chi connectivity index (χ3n) is 3.14. The number of carbonyl (C=O) groups excluding carboxylic acids is 1. The first-order chi connectivity index (χ1) is 8.70. The molecule has 1 amide bonds. The minimum Gasteiger partial charge on any atom is -0.494 e. The van der Waals surface area contributed by atoms with Gasteiger partial charge in [-0.1, -0.05) is 19.1 Å². The summed E-state index contributed by atoms with van der Waals surface area (Å²) in [5.74, 6) is 0.906. The van der Waals surface area contributed by atoms with E-state index in [2.05, 4.69) is 12.2 Å². The number of nitrogens with one attached hydrogen (secondary N) is 1. The van der Waals surface area contributed by atoms with E-state index in [1.165, 1.54) is 0 Å². The Morgan fingerprint density at radius 3 is 3.11 bits per heavy atom. The van der Waals surface area contributed by atoms with Crippen molar-refractivity contribution in [1.29, 1.82) is 0 Å². The van der Waals surface area contributed by atoms with Crippen LogP contribution in [0.3, 0.4) is 0 Å². The molecule has 0 saturated carbocycles. The predicted octanol–water partition coefficient (Wildman–Crippen LogP) is 1.75. The number of rotatable bonds is 4. The van der Waals surface area contributed by atoms with Crippen molar-refractivity contribution >= 4 is 5.91 Å². The first-order valence-corrected chi connectivity index (χ1v) is 6.48. The fraction of sp³-hybridized carbons (Fsp3) is 0.500. The van der Waals surface area contributed by atoms with Crippen molar-refractivity contribution in [3.8, 4) is 5.75 Å². The maximum Gasteiger partial charge on any atom is 0.220 e. The molecule has 1 aliphatic heterocycles. The molecule has 2 unspecified atom stereocenters. The molecule has 1 aromatic carbocycles. The second-order valence-electron chi connectivity index (χ2n) is 4.67. The van der Waals surface area contributed by atoms with Crippen molar-refractivity contribution in [1.82, 2.24) is 5.32 Å². The molecule has 1 aromatic rings. The highest BCUT2D eigenvalue weighted by molar-refractivity contribution is 5.77. The number of hydrogen-bond acceptors (Lipinski definition) is 3. The van der Waals surface area contributed by atoms with Gasteiger partial charge in [-0.25, -0.2) is 0 Å². The van der Waals surface area contributed by atoms with Gasteiger partial charge in [-0.05, 0) is 30.5 Å². The molecule has 4 heteroatoms. The highest BCUT2D eigenvalue weighted by Crippen LogP contribution is 2.25. The topological polar surface area (TPSA) is 64.3 Å². The van der Waals surface area contributed by atoms with Gasteiger partial charge in [0.2, 0.25) is 5.91 Å². The first-order valence-electron chi connectivity index (χ1n) is 6.48. The molecule has 3 N–H and O–H groups in total. The Kier molecular flexibility index (Phi) is 4.20. The molecule has 0 aromatic heterocycles. The zero-order valence-corrected chi connectivity index (χ0v) is 10.7. The largest absolute Gasteiger partial charge is 0.494 e. The Balaban J connectivity index is 2.13. The lowest BCUT2D eigenvalue weighted by Gasteiger charge is -2.30. The lowest BCUT2D eigenvalue weighted by molar-refractivity contribution is -0.123. The van der Waals surface area contributed by atoms with Crippen molar-refractivity contribution in [3.05, 3.63) is 29.8 Å². The second-order valence-corrected chi connectivity index (χ2v) is 4.67. The van der Waals surface area contributed by atoms with Gasteiger partial charge in [0.1, 0.15) is 5.75 Å². The van der Waals surface area contributed by atoms with Crippen LogP contribution >= 0.6 is 0 Å². The van der Waals surface area contributed by atoms with Crippen LogP contribution in [0.15, 0.2) is 24.3 Å². The molecule has 0 spiro atoms. The summed E-state index contributed by atoms with van der Waals surface area (Å²) in [5.41, 5.74) is 7.09. The summed E-state index contributed by atoms with van der Waals surface area (Å²) < 4.78 is 5.60. The van der Waals surface area contributed by atoms with E-state index in [1.54, 1.807) is 0 Å². The molecule has 18 heavy (non-hydrogen) atoms. The number of ether oxygens (including phenoxy) is 1. The van der Waals surface area contributed by atoms with Crippen molar-refractivity contribution < 1.29 is 9.53 Å². The van der Waals surface area contributed by atoms with E-state index >= 15 is 0 Å². The van der Waals surface area contributed by atoms with Crippen LogP contribution in [0.4, 0.5) is 0 Å². The Hall–Kier alpha value is -1.55. The van der Waals surface area contributed by atoms with Crippen molar-refractivity contribution in [2.45, 2.75) is 38.3 Å². The minimum absolute atomic E-state index is 0.0240. The van der Waals surface area contributed by atoms with Gasteiger partial charge in [0, 0.05) is 12.5 Å². The van der Waals surface area contributed by atoms with Crippen LogP contribution < -0.4 is 15.8 Å². The predicted molar refractivity (Wildman–Crippen MR) is 70.3 cm³/mol. The van der Waals surface area contributed by atoms with Gasteiger partial charge in [-0.15, -0.1) is 0 Å². The number of hydrogen-bond donors (Lipinski definition) is 2. The molecule has 0 bridgehead atoms. The first kappa shape index (κ1) is 12.9. The van der Waals surface area contributed by atoms with Gasteiger partial charge < -0.3 is 15.8 Å². The third-order valence-corrected chi connectivity index (χ3v) is 3.14. The van der Waals surface area contributed by atoms with Crippen LogP contribution in [0, 0.1) is 0 Å². The fourth-order valence-corrected chi connectivity index (χ4v) is 2.17. The fourth-order valence-electron chi connectivity index (χ4n) is 2.17. The second kappa shape index (κ2) is 5.87. The van der Waals surface area contributed by atoms with E-state index in [-0.39, 0.29) is 18.0 Å². The summed E-state index contributed by atoms with van der Waals surface area (Å²) in [6.45, 7) is 2.77. The molecule has 1 saturated heterocycles. The summed E-state index contributed by atoms with van der Waals surface area (Å²) in [6.07, 6.45) is 2.23. The molecule has 0 aliphatic carbocycles. The smallest absolute Gasteiger partial charge is 0.220 e. The van der Waals surface area contributed by atoms with Crippen molar-refractivity contribution in [3.63, 3.8) is 0 Å². The molecule has 1 heterocycles. The molecular weight excluding hydrogens is 228 g/mol. The van der Waals surface area contributed by atoms with Crippen LogP contribution in [-0.4, -0.2) is 18.6 Å². The standard InChI is InChI=1S/C14H20N2O2/c1-2-8-18-11-5-3-4-10(9-11)14-12(15)6-7-13(17)16-14/h3-5,9,12,14H,2,6-8,15H2,1H3,(H,16,17). The maximum absolute atomic E-state index is 11.5. The lowest BCUT2D eigenvalue weighted by atomic mass is 9.92. The van der Waals surface area contributed by atoms with Gasteiger partial charge in [-0.2, -0.15) is 0 Å². The van der Waals surface area contributed by atoms with Crippen molar-refractivity contribution in [2.24, 2.45) is 5.73 Å². The Morgan fingerprint density at radius 1 is 1.50 bits per heavy atom. The molecule has 1 fully saturated rings. The average molecular weight is 248 g/mol. The van der Waals surface area contributed by atoms with E-state index in [0.29, 0.717) is 13.0 Å². The van der Waals surface area contributed by atoms with Gasteiger partial charge in [0.05, 0.1) is 12.6 Å².